The number of phosphoric acid groups is 1. The number of hydrogen-bond donors (Lipinski definition) is 3. The summed E-state index contributed by atoms with van der Waals surface area (Å²) in [5.41, 5.74) is 0. The highest BCUT2D eigenvalue weighted by molar-refractivity contribution is 7.46. The maximum absolute atomic E-state index is 12.8. The van der Waals surface area contributed by atoms with E-state index in [1.165, 1.54) is 96.3 Å². The Morgan fingerprint density at radius 3 is 1.35 bits per heavy atom. The van der Waals surface area contributed by atoms with Gasteiger partial charge in [0, 0.05) is 12.8 Å². The molecule has 272 valence electrons. The molecule has 0 aliphatic heterocycles. The molecule has 9 heteroatoms. The van der Waals surface area contributed by atoms with Crippen molar-refractivity contribution >= 4 is 19.6 Å². The van der Waals surface area contributed by atoms with E-state index in [1.807, 2.05) is 0 Å². The van der Waals surface area contributed by atoms with E-state index >= 15 is 0 Å². The third-order valence-electron chi connectivity index (χ3n) is 8.54. The lowest BCUT2D eigenvalue weighted by molar-refractivity contribution is -0.160. The topological polar surface area (TPSA) is 130 Å². The summed E-state index contributed by atoms with van der Waals surface area (Å²) >= 11 is 0. The maximum atomic E-state index is 12.8. The van der Waals surface area contributed by atoms with E-state index in [2.05, 4.69) is 26.0 Å². The van der Waals surface area contributed by atoms with Crippen LogP contribution in [0.3, 0.4) is 0 Å². The third-order valence-corrected chi connectivity index (χ3v) is 9.04. The Morgan fingerprint density at radius 2 is 0.957 bits per heavy atom. The second-order valence-corrected chi connectivity index (χ2v) is 14.2. The van der Waals surface area contributed by atoms with Crippen LogP contribution < -0.4 is 0 Å². The molecule has 0 aromatic heterocycles. The number of aliphatic hydroxyl groups is 1. The lowest BCUT2D eigenvalue weighted by Crippen LogP contribution is -2.41. The molecule has 0 saturated carbocycles. The molecular weight excluding hydrogens is 603 g/mol. The molecular formula is C37H71O8P. The summed E-state index contributed by atoms with van der Waals surface area (Å²) in [4.78, 5) is 44.0. The van der Waals surface area contributed by atoms with E-state index < -0.39 is 38.4 Å². The van der Waals surface area contributed by atoms with Gasteiger partial charge in [-0.15, -0.1) is 0 Å². The largest absolute Gasteiger partial charge is 0.470 e. The maximum Gasteiger partial charge on any atom is 0.470 e. The van der Waals surface area contributed by atoms with Crippen molar-refractivity contribution < 1.29 is 38.3 Å². The van der Waals surface area contributed by atoms with E-state index in [0.717, 1.165) is 57.8 Å². The molecule has 8 nitrogen and oxygen atoms in total. The molecule has 0 rings (SSSR count). The fraction of sp³-hybridized carbons (Fsp3) is 0.892. The summed E-state index contributed by atoms with van der Waals surface area (Å²) in [6, 6.07) is 0. The van der Waals surface area contributed by atoms with Crippen LogP contribution in [0.15, 0.2) is 12.2 Å². The molecule has 0 aromatic rings. The first-order valence-electron chi connectivity index (χ1n) is 19.0. The third kappa shape index (κ3) is 30.3. The summed E-state index contributed by atoms with van der Waals surface area (Å²) < 4.78 is 21.6. The van der Waals surface area contributed by atoms with Crippen LogP contribution in [0.2, 0.25) is 0 Å². The Bertz CT molecular complexity index is 781. The van der Waals surface area contributed by atoms with Crippen molar-refractivity contribution in [2.24, 2.45) is 0 Å². The van der Waals surface area contributed by atoms with E-state index in [-0.39, 0.29) is 12.8 Å². The van der Waals surface area contributed by atoms with Crippen molar-refractivity contribution in [3.63, 3.8) is 0 Å². The van der Waals surface area contributed by atoms with Crippen molar-refractivity contribution in [1.29, 1.82) is 0 Å². The molecule has 3 N–H and O–H groups in total. The van der Waals surface area contributed by atoms with Gasteiger partial charge < -0.3 is 19.6 Å². The van der Waals surface area contributed by atoms with Gasteiger partial charge in [-0.2, -0.15) is 0 Å². The van der Waals surface area contributed by atoms with E-state index in [4.69, 9.17) is 9.26 Å². The van der Waals surface area contributed by atoms with Gasteiger partial charge in [0.05, 0.1) is 6.61 Å². The quantitative estimate of drug-likeness (QED) is 0.0262. The fourth-order valence-corrected chi connectivity index (χ4v) is 6.25. The van der Waals surface area contributed by atoms with Crippen LogP contribution in [0.1, 0.15) is 194 Å². The second kappa shape index (κ2) is 32.5. The molecule has 0 radical (unpaired) electrons. The zero-order valence-electron chi connectivity index (χ0n) is 29.6. The number of aliphatic hydroxyl groups excluding tert-OH is 1. The molecule has 0 saturated heterocycles. The summed E-state index contributed by atoms with van der Waals surface area (Å²) in [6.45, 7) is 3.71. The fourth-order valence-electron chi connectivity index (χ4n) is 5.70. The van der Waals surface area contributed by atoms with Crippen LogP contribution in [0.4, 0.5) is 0 Å². The van der Waals surface area contributed by atoms with Gasteiger partial charge >= 0.3 is 13.8 Å². The van der Waals surface area contributed by atoms with E-state index in [1.54, 1.807) is 0 Å². The number of carbonyl (C=O) groups excluding carboxylic acids is 2. The number of unbranched alkanes of at least 4 members (excludes halogenated alkanes) is 23. The van der Waals surface area contributed by atoms with Gasteiger partial charge in [0.25, 0.3) is 0 Å². The molecule has 2 atom stereocenters. The number of Topliss-reactive ketones (excluding diaryl/α,β-unsaturated/α-hetero) is 1. The van der Waals surface area contributed by atoms with E-state index in [0.29, 0.717) is 12.8 Å². The van der Waals surface area contributed by atoms with Crippen molar-refractivity contribution in [2.75, 3.05) is 6.61 Å². The molecule has 0 aromatic carbocycles. The predicted octanol–water partition coefficient (Wildman–Crippen LogP) is 10.5. The molecule has 1 unspecified atom stereocenters. The minimum Gasteiger partial charge on any atom is -0.457 e. The van der Waals surface area contributed by atoms with Gasteiger partial charge in [-0.05, 0) is 38.5 Å². The van der Waals surface area contributed by atoms with Crippen molar-refractivity contribution in [1.82, 2.24) is 0 Å². The van der Waals surface area contributed by atoms with Crippen molar-refractivity contribution in [3.8, 4) is 0 Å². The van der Waals surface area contributed by atoms with Gasteiger partial charge in [-0.25, -0.2) is 4.57 Å². The number of ketones is 1. The lowest BCUT2D eigenvalue weighted by Gasteiger charge is -2.25. The molecule has 0 aliphatic rings. The van der Waals surface area contributed by atoms with Gasteiger partial charge in [-0.3, -0.25) is 14.1 Å². The zero-order valence-corrected chi connectivity index (χ0v) is 30.5. The summed E-state index contributed by atoms with van der Waals surface area (Å²) in [7, 11) is -5.04. The van der Waals surface area contributed by atoms with Crippen LogP contribution in [0, 0.1) is 0 Å². The highest BCUT2D eigenvalue weighted by atomic mass is 31.2. The number of esters is 1. The SMILES string of the molecule is CCCCCCCC/C=C\CCCCCCCC(=O)O[C@@H](CO)C(OP(=O)(O)O)C(=O)CCCCCCCCCCCCCCC. The van der Waals surface area contributed by atoms with Gasteiger partial charge in [0.1, 0.15) is 0 Å². The van der Waals surface area contributed by atoms with Gasteiger partial charge in [-0.1, -0.05) is 154 Å². The normalized spacial score (nSPS) is 13.3. The molecule has 0 heterocycles. The minimum atomic E-state index is -5.04. The van der Waals surface area contributed by atoms with E-state index in [9.17, 15) is 29.0 Å². The lowest BCUT2D eigenvalue weighted by atomic mass is 10.0. The molecule has 0 aliphatic carbocycles. The molecule has 0 fully saturated rings. The number of carbonyl (C=O) groups is 2. The zero-order chi connectivity index (χ0) is 34.1. The molecule has 46 heavy (non-hydrogen) atoms. The number of rotatable bonds is 35. The minimum absolute atomic E-state index is 0.0463. The number of ether oxygens (including phenoxy) is 1. The number of allylic oxidation sites excluding steroid dienone is 2. The molecule has 0 spiro atoms. The monoisotopic (exact) mass is 674 g/mol. The average Bonchev–Trinajstić information content (AvgIpc) is 3.02. The first-order chi connectivity index (χ1) is 22.2. The number of hydrogen-bond acceptors (Lipinski definition) is 6. The highest BCUT2D eigenvalue weighted by Crippen LogP contribution is 2.39. The van der Waals surface area contributed by atoms with Crippen LogP contribution in [-0.4, -0.2) is 45.5 Å². The number of phosphoric ester groups is 1. The average molecular weight is 675 g/mol. The van der Waals surface area contributed by atoms with Crippen LogP contribution in [0.5, 0.6) is 0 Å². The molecule has 0 bridgehead atoms. The second-order valence-electron chi connectivity index (χ2n) is 13.0. The first kappa shape index (κ1) is 45.0. The predicted molar refractivity (Wildman–Crippen MR) is 189 cm³/mol. The van der Waals surface area contributed by atoms with Crippen molar-refractivity contribution in [3.05, 3.63) is 12.2 Å². The Morgan fingerprint density at radius 1 is 0.587 bits per heavy atom. The Labute approximate surface area is 282 Å². The highest BCUT2D eigenvalue weighted by Gasteiger charge is 2.36. The Kier molecular flexibility index (Phi) is 31.8. The van der Waals surface area contributed by atoms with Crippen molar-refractivity contribution in [2.45, 2.75) is 206 Å². The van der Waals surface area contributed by atoms with Crippen LogP contribution in [0.25, 0.3) is 0 Å². The first-order valence-corrected chi connectivity index (χ1v) is 20.5. The summed E-state index contributed by atoms with van der Waals surface area (Å²) in [5, 5.41) is 9.81. The molecule has 0 amide bonds. The Balaban J connectivity index is 4.18. The van der Waals surface area contributed by atoms with Gasteiger partial charge in [0.15, 0.2) is 18.0 Å². The summed E-state index contributed by atoms with van der Waals surface area (Å²) in [6.07, 6.45) is 31.5. The Hall–Kier alpha value is -1.05. The van der Waals surface area contributed by atoms with Crippen LogP contribution >= 0.6 is 7.82 Å². The summed E-state index contributed by atoms with van der Waals surface area (Å²) in [5.74, 6) is -1.18. The van der Waals surface area contributed by atoms with Crippen LogP contribution in [-0.2, 0) is 23.4 Å². The van der Waals surface area contributed by atoms with Gasteiger partial charge in [0.2, 0.25) is 0 Å². The standard InChI is InChI=1S/C37H71O8P/c1-3-5-7-9-11-13-15-17-18-20-22-24-26-28-30-32-36(40)44-35(33-38)37(45-46(41,42)43)34(39)31-29-27-25-23-21-19-16-14-12-10-8-6-4-2/h17-18,35,37-38H,3-16,19-33H2,1-2H3,(H2,41,42,43)/b18-17-/t35-,37?/m0/s1. The smallest absolute Gasteiger partial charge is 0.457 e.